The van der Waals surface area contributed by atoms with Crippen LogP contribution in [0.25, 0.3) is 0 Å². The molecule has 0 spiro atoms. The minimum Gasteiger partial charge on any atom is -0.503 e. The van der Waals surface area contributed by atoms with Gasteiger partial charge in [-0.1, -0.05) is 78.4 Å². The standard InChI is InChI=1S/C28H24ClN3O5S2/c1-2-3-13-36-19-10-6-9-17(15-19)23-22(24(33)21-12-7-14-37-21)25(34)26(35)32(23)27-30-31-28(39-27)38-16-18-8-4-5-11-20(18)29/h4-12,14-15,23,34H,2-3,13,16H2,1H3. The molecule has 2 aromatic carbocycles. The molecule has 1 aliphatic heterocycles. The van der Waals surface area contributed by atoms with Gasteiger partial charge in [0, 0.05) is 10.8 Å². The zero-order valence-corrected chi connectivity index (χ0v) is 23.3. The molecule has 0 bridgehead atoms. The molecule has 4 aromatic rings. The first-order chi connectivity index (χ1) is 19.0. The van der Waals surface area contributed by atoms with Gasteiger partial charge in [0.15, 0.2) is 15.9 Å². The lowest BCUT2D eigenvalue weighted by Crippen LogP contribution is -2.31. The van der Waals surface area contributed by atoms with E-state index in [9.17, 15) is 14.7 Å². The number of nitrogens with zero attached hydrogens (tertiary/aromatic N) is 3. The fourth-order valence-electron chi connectivity index (χ4n) is 4.11. The van der Waals surface area contributed by atoms with E-state index in [1.165, 1.54) is 40.3 Å². The molecular formula is C28H24ClN3O5S2. The van der Waals surface area contributed by atoms with E-state index in [0.717, 1.165) is 18.4 Å². The monoisotopic (exact) mass is 581 g/mol. The van der Waals surface area contributed by atoms with Crippen LogP contribution in [0.1, 0.15) is 47.5 Å². The molecule has 200 valence electrons. The fraction of sp³-hybridized carbons (Fsp3) is 0.214. The number of aliphatic hydroxyl groups is 1. The van der Waals surface area contributed by atoms with Crippen LogP contribution >= 0.6 is 34.7 Å². The van der Waals surface area contributed by atoms with Gasteiger partial charge in [0.1, 0.15) is 5.75 Å². The van der Waals surface area contributed by atoms with Gasteiger partial charge in [-0.05, 0) is 47.9 Å². The van der Waals surface area contributed by atoms with E-state index in [-0.39, 0.29) is 16.5 Å². The van der Waals surface area contributed by atoms with Crippen molar-refractivity contribution in [2.45, 2.75) is 35.9 Å². The first kappa shape index (κ1) is 27.0. The number of carbonyl (C=O) groups is 2. The molecule has 1 unspecified atom stereocenters. The molecule has 2 aromatic heterocycles. The highest BCUT2D eigenvalue weighted by atomic mass is 35.5. The van der Waals surface area contributed by atoms with E-state index in [4.69, 9.17) is 20.8 Å². The van der Waals surface area contributed by atoms with Crippen LogP contribution in [-0.4, -0.2) is 33.6 Å². The van der Waals surface area contributed by atoms with Gasteiger partial charge in [0.2, 0.25) is 10.9 Å². The number of aromatic nitrogens is 2. The molecule has 0 saturated carbocycles. The third-order valence-corrected chi connectivity index (χ3v) is 8.52. The number of hydrogen-bond acceptors (Lipinski definition) is 9. The summed E-state index contributed by atoms with van der Waals surface area (Å²) in [5.41, 5.74) is 1.43. The third-order valence-electron chi connectivity index (χ3n) is 6.05. The number of aliphatic hydroxyl groups excluding tert-OH is 1. The van der Waals surface area contributed by atoms with Crippen LogP contribution < -0.4 is 9.64 Å². The molecule has 0 radical (unpaired) electrons. The highest BCUT2D eigenvalue weighted by Gasteiger charge is 2.46. The minimum absolute atomic E-state index is 0.0137. The van der Waals surface area contributed by atoms with Crippen molar-refractivity contribution in [2.75, 3.05) is 11.5 Å². The Balaban J connectivity index is 1.49. The summed E-state index contributed by atoms with van der Waals surface area (Å²) in [6.45, 7) is 2.61. The molecule has 0 fully saturated rings. The van der Waals surface area contributed by atoms with Gasteiger partial charge in [-0.15, -0.1) is 10.2 Å². The van der Waals surface area contributed by atoms with E-state index in [1.807, 2.05) is 30.3 Å². The molecule has 3 heterocycles. The van der Waals surface area contributed by atoms with Crippen LogP contribution in [0.2, 0.25) is 5.02 Å². The number of rotatable bonds is 11. The molecular weight excluding hydrogens is 558 g/mol. The van der Waals surface area contributed by atoms with Gasteiger partial charge < -0.3 is 14.3 Å². The number of ether oxygens (including phenoxy) is 1. The largest absolute Gasteiger partial charge is 0.503 e. The number of amides is 1. The lowest BCUT2D eigenvalue weighted by Gasteiger charge is -2.24. The molecule has 1 atom stereocenters. The van der Waals surface area contributed by atoms with Crippen molar-refractivity contribution >= 4 is 51.5 Å². The Kier molecular flexibility index (Phi) is 8.35. The smallest absolute Gasteiger partial charge is 0.296 e. The zero-order valence-electron chi connectivity index (χ0n) is 20.9. The normalized spacial score (nSPS) is 15.3. The number of thioether (sulfide) groups is 1. The Morgan fingerprint density at radius 3 is 2.79 bits per heavy atom. The van der Waals surface area contributed by atoms with E-state index >= 15 is 0 Å². The van der Waals surface area contributed by atoms with Crippen LogP contribution in [0.3, 0.4) is 0 Å². The molecule has 5 rings (SSSR count). The Labute approximate surface area is 238 Å². The number of furan rings is 1. The van der Waals surface area contributed by atoms with Gasteiger partial charge in [-0.2, -0.15) is 0 Å². The third kappa shape index (κ3) is 5.73. The maximum atomic E-state index is 13.4. The number of halogens is 1. The van der Waals surface area contributed by atoms with Crippen molar-refractivity contribution < 1.29 is 23.8 Å². The van der Waals surface area contributed by atoms with Crippen molar-refractivity contribution in [1.82, 2.24) is 10.2 Å². The number of ketones is 1. The molecule has 11 heteroatoms. The average molecular weight is 582 g/mol. The predicted octanol–water partition coefficient (Wildman–Crippen LogP) is 7.04. The number of unbranched alkanes of at least 4 members (excludes halogenated alkanes) is 1. The SMILES string of the molecule is CCCCOc1cccc(C2C(C(=O)c3ccco3)=C(O)C(=O)N2c2nnc(SCc3ccccc3Cl)s2)c1. The Hall–Kier alpha value is -3.60. The maximum absolute atomic E-state index is 13.4. The first-order valence-electron chi connectivity index (χ1n) is 12.2. The van der Waals surface area contributed by atoms with E-state index in [2.05, 4.69) is 17.1 Å². The van der Waals surface area contributed by atoms with Crippen molar-refractivity contribution in [3.63, 3.8) is 0 Å². The Morgan fingerprint density at radius 2 is 2.03 bits per heavy atom. The fourth-order valence-corrected chi connectivity index (χ4v) is 6.27. The highest BCUT2D eigenvalue weighted by Crippen LogP contribution is 2.44. The van der Waals surface area contributed by atoms with Crippen LogP contribution in [0.15, 0.2) is 87.0 Å². The second-order valence-corrected chi connectivity index (χ2v) is 11.2. The summed E-state index contributed by atoms with van der Waals surface area (Å²) in [7, 11) is 0. The first-order valence-corrected chi connectivity index (χ1v) is 14.4. The molecule has 8 nitrogen and oxygen atoms in total. The summed E-state index contributed by atoms with van der Waals surface area (Å²) in [5, 5.41) is 20.4. The Morgan fingerprint density at radius 1 is 1.18 bits per heavy atom. The zero-order chi connectivity index (χ0) is 27.4. The highest BCUT2D eigenvalue weighted by molar-refractivity contribution is 8.00. The molecule has 1 amide bonds. The summed E-state index contributed by atoms with van der Waals surface area (Å²) < 4.78 is 11.8. The van der Waals surface area contributed by atoms with Gasteiger partial charge >= 0.3 is 0 Å². The molecule has 39 heavy (non-hydrogen) atoms. The lowest BCUT2D eigenvalue weighted by molar-refractivity contribution is -0.117. The Bertz CT molecular complexity index is 1520. The van der Waals surface area contributed by atoms with E-state index < -0.39 is 23.5 Å². The number of hydrogen-bond donors (Lipinski definition) is 1. The number of benzene rings is 2. The summed E-state index contributed by atoms with van der Waals surface area (Å²) in [5.74, 6) is -0.814. The van der Waals surface area contributed by atoms with Crippen LogP contribution in [0.5, 0.6) is 5.75 Å². The van der Waals surface area contributed by atoms with Crippen LogP contribution in [0, 0.1) is 0 Å². The molecule has 0 saturated heterocycles. The summed E-state index contributed by atoms with van der Waals surface area (Å²) in [6, 6.07) is 16.8. The van der Waals surface area contributed by atoms with E-state index in [1.54, 1.807) is 24.3 Å². The van der Waals surface area contributed by atoms with Gasteiger partial charge in [-0.3, -0.25) is 14.5 Å². The van der Waals surface area contributed by atoms with E-state index in [0.29, 0.717) is 33.0 Å². The van der Waals surface area contributed by atoms with Gasteiger partial charge in [-0.25, -0.2) is 0 Å². The minimum atomic E-state index is -0.959. The van der Waals surface area contributed by atoms with Crippen molar-refractivity contribution in [1.29, 1.82) is 0 Å². The molecule has 1 aliphatic rings. The topological polar surface area (TPSA) is 106 Å². The maximum Gasteiger partial charge on any atom is 0.296 e. The number of anilines is 1. The molecule has 1 N–H and O–H groups in total. The average Bonchev–Trinajstić information content (AvgIpc) is 3.69. The summed E-state index contributed by atoms with van der Waals surface area (Å²) >= 11 is 8.90. The number of carbonyl (C=O) groups excluding carboxylic acids is 2. The summed E-state index contributed by atoms with van der Waals surface area (Å²) in [4.78, 5) is 28.2. The van der Waals surface area contributed by atoms with Crippen molar-refractivity contribution in [3.05, 3.63) is 100 Å². The number of Topliss-reactive ketones (excluding diaryl/α,β-unsaturated/α-hetero) is 1. The van der Waals surface area contributed by atoms with Gasteiger partial charge in [0.05, 0.1) is 24.5 Å². The quantitative estimate of drug-likeness (QED) is 0.0870. The van der Waals surface area contributed by atoms with Crippen LogP contribution in [0.4, 0.5) is 5.13 Å². The van der Waals surface area contributed by atoms with Gasteiger partial charge in [0.25, 0.3) is 5.91 Å². The van der Waals surface area contributed by atoms with Crippen molar-refractivity contribution in [2.24, 2.45) is 0 Å². The second kappa shape index (κ2) is 12.1. The second-order valence-electron chi connectivity index (χ2n) is 8.65. The lowest BCUT2D eigenvalue weighted by atomic mass is 9.95. The molecule has 0 aliphatic carbocycles. The van der Waals surface area contributed by atoms with Crippen LogP contribution in [-0.2, 0) is 10.5 Å². The predicted molar refractivity (Wildman–Crippen MR) is 151 cm³/mol. The van der Waals surface area contributed by atoms with Crippen molar-refractivity contribution in [3.8, 4) is 5.75 Å². The summed E-state index contributed by atoms with van der Waals surface area (Å²) in [6.07, 6.45) is 3.24.